The first kappa shape index (κ1) is 13.3. The summed E-state index contributed by atoms with van der Waals surface area (Å²) in [6.45, 7) is 2.45. The van der Waals surface area contributed by atoms with Gasteiger partial charge in [0.1, 0.15) is 5.75 Å². The molecule has 0 N–H and O–H groups in total. The van der Waals surface area contributed by atoms with Crippen LogP contribution in [0, 0.1) is 17.6 Å². The highest BCUT2D eigenvalue weighted by atomic mass is 19.2. The van der Waals surface area contributed by atoms with Crippen LogP contribution in [0.15, 0.2) is 18.2 Å². The summed E-state index contributed by atoms with van der Waals surface area (Å²) in [6, 6.07) is 3.64. The molecule has 3 rings (SSSR count). The normalized spacial score (nSPS) is 25.9. The van der Waals surface area contributed by atoms with Crippen LogP contribution in [0.25, 0.3) is 0 Å². The van der Waals surface area contributed by atoms with Gasteiger partial charge in [-0.25, -0.2) is 8.78 Å². The molecule has 1 aliphatic heterocycles. The van der Waals surface area contributed by atoms with E-state index in [0.717, 1.165) is 31.5 Å². The average Bonchev–Trinajstić information content (AvgIpc) is 3.04. The number of amides is 1. The molecular weight excluding hydrogens is 264 g/mol. The van der Waals surface area contributed by atoms with Gasteiger partial charge in [0, 0.05) is 18.7 Å². The second-order valence-corrected chi connectivity index (χ2v) is 5.66. The third-order valence-electron chi connectivity index (χ3n) is 4.24. The fraction of sp³-hybridized carbons (Fsp3) is 0.533. The van der Waals surface area contributed by atoms with E-state index in [0.29, 0.717) is 12.0 Å². The second kappa shape index (κ2) is 5.04. The Hall–Kier alpha value is -1.65. The summed E-state index contributed by atoms with van der Waals surface area (Å²) in [5.41, 5.74) is 0. The van der Waals surface area contributed by atoms with Crippen molar-refractivity contribution in [3.63, 3.8) is 0 Å². The van der Waals surface area contributed by atoms with Gasteiger partial charge in [-0.15, -0.1) is 0 Å². The van der Waals surface area contributed by atoms with E-state index in [1.54, 1.807) is 6.92 Å². The van der Waals surface area contributed by atoms with Crippen molar-refractivity contribution in [3.05, 3.63) is 29.8 Å². The molecule has 0 aromatic heterocycles. The number of benzene rings is 1. The van der Waals surface area contributed by atoms with Crippen LogP contribution in [0.3, 0.4) is 0 Å². The van der Waals surface area contributed by atoms with Crippen LogP contribution in [0.2, 0.25) is 0 Å². The van der Waals surface area contributed by atoms with Gasteiger partial charge in [0.15, 0.2) is 17.7 Å². The maximum Gasteiger partial charge on any atom is 0.263 e. The zero-order chi connectivity index (χ0) is 14.3. The van der Waals surface area contributed by atoms with E-state index in [1.807, 2.05) is 4.90 Å². The van der Waals surface area contributed by atoms with Crippen LogP contribution < -0.4 is 4.74 Å². The largest absolute Gasteiger partial charge is 0.481 e. The smallest absolute Gasteiger partial charge is 0.263 e. The molecule has 3 nitrogen and oxygen atoms in total. The second-order valence-electron chi connectivity index (χ2n) is 5.66. The first-order chi connectivity index (χ1) is 9.54. The van der Waals surface area contributed by atoms with Gasteiger partial charge < -0.3 is 9.64 Å². The van der Waals surface area contributed by atoms with E-state index in [-0.39, 0.29) is 11.7 Å². The van der Waals surface area contributed by atoms with E-state index < -0.39 is 17.7 Å². The Morgan fingerprint density at radius 2 is 2.15 bits per heavy atom. The molecule has 2 fully saturated rings. The van der Waals surface area contributed by atoms with Gasteiger partial charge in [-0.3, -0.25) is 4.79 Å². The molecule has 1 saturated carbocycles. The fourth-order valence-corrected chi connectivity index (χ4v) is 3.23. The van der Waals surface area contributed by atoms with Gasteiger partial charge in [0.2, 0.25) is 0 Å². The maximum atomic E-state index is 13.1. The van der Waals surface area contributed by atoms with Gasteiger partial charge in [-0.1, -0.05) is 0 Å². The highest BCUT2D eigenvalue weighted by molar-refractivity contribution is 5.81. The predicted octanol–water partition coefficient (Wildman–Crippen LogP) is 2.74. The topological polar surface area (TPSA) is 29.5 Å². The lowest BCUT2D eigenvalue weighted by atomic mass is 10.1. The van der Waals surface area contributed by atoms with Crippen molar-refractivity contribution >= 4 is 5.91 Å². The molecule has 108 valence electrons. The summed E-state index contributed by atoms with van der Waals surface area (Å²) < 4.78 is 31.4. The molecule has 0 spiro atoms. The molecule has 3 atom stereocenters. The first-order valence-electron chi connectivity index (χ1n) is 6.97. The van der Waals surface area contributed by atoms with Gasteiger partial charge >= 0.3 is 0 Å². The minimum atomic E-state index is -0.970. The third-order valence-corrected chi connectivity index (χ3v) is 4.24. The predicted molar refractivity (Wildman–Crippen MR) is 69.3 cm³/mol. The molecule has 1 aromatic rings. The summed E-state index contributed by atoms with van der Waals surface area (Å²) in [5.74, 6) is -1.16. The van der Waals surface area contributed by atoms with Crippen molar-refractivity contribution in [2.24, 2.45) is 5.92 Å². The number of halogens is 2. The standard InChI is InChI=1S/C15H17F2NO2/c1-9(20-12-4-5-13(16)14(17)7-12)15(19)18-8-10-2-3-11(18)6-10/h4-5,7,9-11H,2-3,6,8H2,1H3/t9-,10-,11-/m0/s1. The summed E-state index contributed by atoms with van der Waals surface area (Å²) in [7, 11) is 0. The Bertz CT molecular complexity index is 535. The van der Waals surface area contributed by atoms with Crippen LogP contribution >= 0.6 is 0 Å². The summed E-state index contributed by atoms with van der Waals surface area (Å²) in [5, 5.41) is 0. The average molecular weight is 281 g/mol. The van der Waals surface area contributed by atoms with Crippen molar-refractivity contribution in [3.8, 4) is 5.75 Å². The van der Waals surface area contributed by atoms with Crippen LogP contribution in [-0.2, 0) is 4.79 Å². The lowest BCUT2D eigenvalue weighted by Crippen LogP contribution is -2.44. The lowest BCUT2D eigenvalue weighted by Gasteiger charge is -2.29. The van der Waals surface area contributed by atoms with E-state index in [2.05, 4.69) is 0 Å². The maximum absolute atomic E-state index is 13.1. The number of hydrogen-bond acceptors (Lipinski definition) is 2. The number of likely N-dealkylation sites (tertiary alicyclic amines) is 1. The van der Waals surface area contributed by atoms with Crippen molar-refractivity contribution in [2.45, 2.75) is 38.3 Å². The Morgan fingerprint density at radius 3 is 2.75 bits per heavy atom. The van der Waals surface area contributed by atoms with Crippen LogP contribution in [0.4, 0.5) is 8.78 Å². The van der Waals surface area contributed by atoms with Crippen LogP contribution in [-0.4, -0.2) is 29.5 Å². The summed E-state index contributed by atoms with van der Waals surface area (Å²) in [6.07, 6.45) is 2.67. The molecule has 2 bridgehead atoms. The lowest BCUT2D eigenvalue weighted by molar-refractivity contribution is -0.139. The highest BCUT2D eigenvalue weighted by Gasteiger charge is 2.41. The molecular formula is C15H17F2NO2. The van der Waals surface area contributed by atoms with Gasteiger partial charge in [-0.05, 0) is 44.2 Å². The zero-order valence-electron chi connectivity index (χ0n) is 11.3. The Morgan fingerprint density at radius 1 is 1.35 bits per heavy atom. The zero-order valence-corrected chi connectivity index (χ0v) is 11.3. The SMILES string of the molecule is C[C@H](Oc1ccc(F)c(F)c1)C(=O)N1C[C@H]2CC[C@H]1C2. The highest BCUT2D eigenvalue weighted by Crippen LogP contribution is 2.37. The van der Waals surface area contributed by atoms with Crippen molar-refractivity contribution < 1.29 is 18.3 Å². The molecule has 1 aromatic carbocycles. The van der Waals surface area contributed by atoms with E-state index in [4.69, 9.17) is 4.74 Å². The van der Waals surface area contributed by atoms with Crippen LogP contribution in [0.1, 0.15) is 26.2 Å². The minimum Gasteiger partial charge on any atom is -0.481 e. The monoisotopic (exact) mass is 281 g/mol. The van der Waals surface area contributed by atoms with E-state index in [9.17, 15) is 13.6 Å². The minimum absolute atomic E-state index is 0.0677. The number of nitrogens with zero attached hydrogens (tertiary/aromatic N) is 1. The molecule has 2 aliphatic rings. The molecule has 20 heavy (non-hydrogen) atoms. The quantitative estimate of drug-likeness (QED) is 0.852. The molecule has 0 radical (unpaired) electrons. The molecule has 1 aliphatic carbocycles. The van der Waals surface area contributed by atoms with Gasteiger partial charge in [0.25, 0.3) is 5.91 Å². The van der Waals surface area contributed by atoms with Crippen molar-refractivity contribution in [2.75, 3.05) is 6.54 Å². The van der Waals surface area contributed by atoms with Crippen molar-refractivity contribution in [1.29, 1.82) is 0 Å². The number of hydrogen-bond donors (Lipinski definition) is 0. The Labute approximate surface area is 116 Å². The molecule has 0 unspecified atom stereocenters. The van der Waals surface area contributed by atoms with E-state index in [1.165, 1.54) is 12.5 Å². The number of ether oxygens (including phenoxy) is 1. The molecule has 1 heterocycles. The van der Waals surface area contributed by atoms with Crippen molar-refractivity contribution in [1.82, 2.24) is 4.90 Å². The molecule has 5 heteroatoms. The molecule has 1 saturated heterocycles. The van der Waals surface area contributed by atoms with E-state index >= 15 is 0 Å². The number of piperidine rings is 1. The number of carbonyl (C=O) groups is 1. The van der Waals surface area contributed by atoms with Gasteiger partial charge in [0.05, 0.1) is 0 Å². The fourth-order valence-electron chi connectivity index (χ4n) is 3.23. The Balaban J connectivity index is 1.65. The number of carbonyl (C=O) groups excluding carboxylic acids is 1. The summed E-state index contributed by atoms with van der Waals surface area (Å²) in [4.78, 5) is 14.2. The number of fused-ring (bicyclic) bond motifs is 2. The molecule has 1 amide bonds. The third kappa shape index (κ3) is 2.37. The Kier molecular flexibility index (Phi) is 3.36. The van der Waals surface area contributed by atoms with Crippen LogP contribution in [0.5, 0.6) is 5.75 Å². The van der Waals surface area contributed by atoms with Gasteiger partial charge in [-0.2, -0.15) is 0 Å². The summed E-state index contributed by atoms with van der Waals surface area (Å²) >= 11 is 0. The first-order valence-corrected chi connectivity index (χ1v) is 6.97. The number of rotatable bonds is 3.